The Labute approximate surface area is 104 Å². The predicted molar refractivity (Wildman–Crippen MR) is 72.5 cm³/mol. The second kappa shape index (κ2) is 4.34. The van der Waals surface area contributed by atoms with Crippen LogP contribution < -0.4 is 5.32 Å². The van der Waals surface area contributed by atoms with Gasteiger partial charge in [0, 0.05) is 37.3 Å². The number of hydrogen-bond donors (Lipinski definition) is 1. The van der Waals surface area contributed by atoms with E-state index in [0.29, 0.717) is 5.92 Å². The van der Waals surface area contributed by atoms with Crippen molar-refractivity contribution in [1.82, 2.24) is 4.90 Å². The van der Waals surface area contributed by atoms with Gasteiger partial charge >= 0.3 is 0 Å². The SMILES string of the molecule is CC1CC(C)N(CC2CNc3ccccc32)C1. The van der Waals surface area contributed by atoms with Gasteiger partial charge in [-0.15, -0.1) is 0 Å². The Morgan fingerprint density at radius 1 is 1.29 bits per heavy atom. The van der Waals surface area contributed by atoms with Crippen LogP contribution >= 0.6 is 0 Å². The van der Waals surface area contributed by atoms with Gasteiger partial charge < -0.3 is 5.32 Å². The number of nitrogens with zero attached hydrogens (tertiary/aromatic N) is 1. The van der Waals surface area contributed by atoms with E-state index in [2.05, 4.69) is 48.3 Å². The van der Waals surface area contributed by atoms with E-state index < -0.39 is 0 Å². The highest BCUT2D eigenvalue weighted by molar-refractivity contribution is 5.57. The van der Waals surface area contributed by atoms with Gasteiger partial charge in [0.15, 0.2) is 0 Å². The predicted octanol–water partition coefficient (Wildman–Crippen LogP) is 2.93. The van der Waals surface area contributed by atoms with Crippen molar-refractivity contribution in [3.05, 3.63) is 29.8 Å². The molecule has 0 spiro atoms. The summed E-state index contributed by atoms with van der Waals surface area (Å²) in [5, 5.41) is 3.52. The number of nitrogens with one attached hydrogen (secondary N) is 1. The van der Waals surface area contributed by atoms with Gasteiger partial charge in [-0.05, 0) is 30.9 Å². The molecule has 1 fully saturated rings. The topological polar surface area (TPSA) is 15.3 Å². The molecule has 2 nitrogen and oxygen atoms in total. The molecule has 3 unspecified atom stereocenters. The van der Waals surface area contributed by atoms with E-state index in [9.17, 15) is 0 Å². The van der Waals surface area contributed by atoms with Crippen molar-refractivity contribution in [3.8, 4) is 0 Å². The Morgan fingerprint density at radius 3 is 2.88 bits per heavy atom. The standard InChI is InChI=1S/C15H22N2/c1-11-7-12(2)17(9-11)10-13-8-16-15-6-4-3-5-14(13)15/h3-6,11-13,16H,7-10H2,1-2H3. The largest absolute Gasteiger partial charge is 0.384 e. The van der Waals surface area contributed by atoms with E-state index in [4.69, 9.17) is 0 Å². The number of likely N-dealkylation sites (tertiary alicyclic amines) is 1. The Hall–Kier alpha value is -1.02. The van der Waals surface area contributed by atoms with Crippen molar-refractivity contribution in [2.75, 3.05) is 25.0 Å². The molecule has 2 aliphatic heterocycles. The van der Waals surface area contributed by atoms with E-state index in [-0.39, 0.29) is 0 Å². The summed E-state index contributed by atoms with van der Waals surface area (Å²) in [6.07, 6.45) is 1.36. The Kier molecular flexibility index (Phi) is 2.83. The highest BCUT2D eigenvalue weighted by Gasteiger charge is 2.30. The van der Waals surface area contributed by atoms with Crippen LogP contribution in [-0.4, -0.2) is 30.6 Å². The van der Waals surface area contributed by atoms with Gasteiger partial charge in [-0.1, -0.05) is 25.1 Å². The zero-order valence-corrected chi connectivity index (χ0v) is 10.8. The van der Waals surface area contributed by atoms with Crippen LogP contribution in [-0.2, 0) is 0 Å². The molecule has 2 heteroatoms. The summed E-state index contributed by atoms with van der Waals surface area (Å²) < 4.78 is 0. The zero-order valence-electron chi connectivity index (χ0n) is 10.8. The minimum atomic E-state index is 0.680. The smallest absolute Gasteiger partial charge is 0.0376 e. The summed E-state index contributed by atoms with van der Waals surface area (Å²) in [6.45, 7) is 8.35. The quantitative estimate of drug-likeness (QED) is 0.840. The number of rotatable bonds is 2. The zero-order chi connectivity index (χ0) is 11.8. The molecule has 1 aromatic carbocycles. The Balaban J connectivity index is 1.71. The van der Waals surface area contributed by atoms with Crippen molar-refractivity contribution < 1.29 is 0 Å². The summed E-state index contributed by atoms with van der Waals surface area (Å²) >= 11 is 0. The molecule has 0 aliphatic carbocycles. The van der Waals surface area contributed by atoms with Crippen LogP contribution in [0.15, 0.2) is 24.3 Å². The summed E-state index contributed by atoms with van der Waals surface area (Å²) in [4.78, 5) is 2.67. The molecule has 3 atom stereocenters. The third kappa shape index (κ3) is 2.06. The van der Waals surface area contributed by atoms with Crippen LogP contribution in [0.1, 0.15) is 31.7 Å². The van der Waals surface area contributed by atoms with Crippen molar-refractivity contribution in [2.45, 2.75) is 32.2 Å². The average Bonchev–Trinajstić information content (AvgIpc) is 2.85. The highest BCUT2D eigenvalue weighted by atomic mass is 15.2. The van der Waals surface area contributed by atoms with Crippen LogP contribution in [0, 0.1) is 5.92 Å². The van der Waals surface area contributed by atoms with Gasteiger partial charge in [0.2, 0.25) is 0 Å². The normalized spacial score (nSPS) is 32.5. The Morgan fingerprint density at radius 2 is 2.12 bits per heavy atom. The number of fused-ring (bicyclic) bond motifs is 1. The van der Waals surface area contributed by atoms with Crippen LogP contribution in [0.4, 0.5) is 5.69 Å². The van der Waals surface area contributed by atoms with Crippen LogP contribution in [0.5, 0.6) is 0 Å². The molecule has 0 amide bonds. The molecule has 2 aliphatic rings. The monoisotopic (exact) mass is 230 g/mol. The third-order valence-electron chi connectivity index (χ3n) is 4.31. The minimum Gasteiger partial charge on any atom is -0.384 e. The molecule has 1 saturated heterocycles. The van der Waals surface area contributed by atoms with E-state index in [1.54, 1.807) is 0 Å². The molecule has 1 aromatic rings. The van der Waals surface area contributed by atoms with Crippen molar-refractivity contribution in [2.24, 2.45) is 5.92 Å². The van der Waals surface area contributed by atoms with Gasteiger partial charge in [-0.25, -0.2) is 0 Å². The first-order chi connectivity index (χ1) is 8.24. The summed E-state index contributed by atoms with van der Waals surface area (Å²) in [5.74, 6) is 1.55. The first-order valence-corrected chi connectivity index (χ1v) is 6.81. The lowest BCUT2D eigenvalue weighted by Gasteiger charge is -2.24. The summed E-state index contributed by atoms with van der Waals surface area (Å²) in [5.41, 5.74) is 2.86. The summed E-state index contributed by atoms with van der Waals surface area (Å²) in [7, 11) is 0. The van der Waals surface area contributed by atoms with Crippen molar-refractivity contribution in [1.29, 1.82) is 0 Å². The van der Waals surface area contributed by atoms with Crippen molar-refractivity contribution in [3.63, 3.8) is 0 Å². The Bertz CT molecular complexity index is 402. The molecular weight excluding hydrogens is 208 g/mol. The second-order valence-corrected chi connectivity index (χ2v) is 5.81. The molecule has 2 heterocycles. The molecule has 0 bridgehead atoms. The molecule has 17 heavy (non-hydrogen) atoms. The van der Waals surface area contributed by atoms with Gasteiger partial charge in [0.25, 0.3) is 0 Å². The maximum absolute atomic E-state index is 3.52. The second-order valence-electron chi connectivity index (χ2n) is 5.81. The average molecular weight is 230 g/mol. The fourth-order valence-electron chi connectivity index (χ4n) is 3.44. The number of benzene rings is 1. The van der Waals surface area contributed by atoms with Gasteiger partial charge in [0.05, 0.1) is 0 Å². The van der Waals surface area contributed by atoms with E-state index >= 15 is 0 Å². The lowest BCUT2D eigenvalue weighted by Crippen LogP contribution is -2.32. The van der Waals surface area contributed by atoms with E-state index in [1.165, 1.54) is 30.8 Å². The molecule has 0 saturated carbocycles. The fourth-order valence-corrected chi connectivity index (χ4v) is 3.44. The van der Waals surface area contributed by atoms with Crippen LogP contribution in [0.3, 0.4) is 0 Å². The molecule has 92 valence electrons. The molecule has 1 N–H and O–H groups in total. The van der Waals surface area contributed by atoms with Gasteiger partial charge in [-0.3, -0.25) is 4.90 Å². The molecule has 3 rings (SSSR count). The minimum absolute atomic E-state index is 0.680. The lowest BCUT2D eigenvalue weighted by atomic mass is 10.0. The number of anilines is 1. The van der Waals surface area contributed by atoms with E-state index in [0.717, 1.165) is 18.5 Å². The molecular formula is C15H22N2. The lowest BCUT2D eigenvalue weighted by molar-refractivity contribution is 0.252. The van der Waals surface area contributed by atoms with E-state index in [1.807, 2.05) is 0 Å². The third-order valence-corrected chi connectivity index (χ3v) is 4.31. The first-order valence-electron chi connectivity index (χ1n) is 6.81. The fraction of sp³-hybridized carbons (Fsp3) is 0.600. The van der Waals surface area contributed by atoms with Gasteiger partial charge in [0.1, 0.15) is 0 Å². The maximum Gasteiger partial charge on any atom is 0.0376 e. The van der Waals surface area contributed by atoms with Crippen LogP contribution in [0.25, 0.3) is 0 Å². The molecule has 0 aromatic heterocycles. The molecule has 0 radical (unpaired) electrons. The highest BCUT2D eigenvalue weighted by Crippen LogP contribution is 2.33. The first kappa shape index (κ1) is 11.1. The maximum atomic E-state index is 3.52. The summed E-state index contributed by atoms with van der Waals surface area (Å²) in [6, 6.07) is 9.52. The van der Waals surface area contributed by atoms with Crippen LogP contribution in [0.2, 0.25) is 0 Å². The van der Waals surface area contributed by atoms with Gasteiger partial charge in [-0.2, -0.15) is 0 Å². The van der Waals surface area contributed by atoms with Crippen molar-refractivity contribution >= 4 is 5.69 Å². The number of para-hydroxylation sites is 1. The number of hydrogen-bond acceptors (Lipinski definition) is 2.